The van der Waals surface area contributed by atoms with Crippen LogP contribution < -0.4 is 4.74 Å². The number of rotatable bonds is 4. The molecule has 0 bridgehead atoms. The molecule has 1 aromatic heterocycles. The van der Waals surface area contributed by atoms with Gasteiger partial charge in [-0.15, -0.1) is 0 Å². The number of H-pyrrole nitrogens is 1. The lowest BCUT2D eigenvalue weighted by molar-refractivity contribution is 0.344. The van der Waals surface area contributed by atoms with E-state index in [4.69, 9.17) is 10.00 Å². The molecular weight excluding hydrogens is 256 g/mol. The van der Waals surface area contributed by atoms with Gasteiger partial charge in [-0.05, 0) is 36.0 Å². The van der Waals surface area contributed by atoms with Crippen molar-refractivity contribution in [3.63, 3.8) is 0 Å². The van der Waals surface area contributed by atoms with Crippen LogP contribution in [0.2, 0.25) is 0 Å². The van der Waals surface area contributed by atoms with Crippen molar-refractivity contribution in [2.75, 3.05) is 12.4 Å². The molecule has 0 amide bonds. The fraction of sp³-hybridized carbons (Fsp3) is 0.133. The number of ether oxygens (including phenoxy) is 1. The van der Waals surface area contributed by atoms with E-state index in [1.807, 2.05) is 35.7 Å². The molecule has 4 heteroatoms. The Morgan fingerprint density at radius 1 is 1.11 bits per heavy atom. The topological polar surface area (TPSA) is 48.8 Å². The van der Waals surface area contributed by atoms with E-state index < -0.39 is 0 Å². The van der Waals surface area contributed by atoms with Crippen LogP contribution in [0.25, 0.3) is 21.8 Å². The van der Waals surface area contributed by atoms with Crippen LogP contribution >= 0.6 is 11.8 Å². The highest BCUT2D eigenvalue weighted by Gasteiger charge is 2.04. The Hall–Kier alpha value is -2.12. The summed E-state index contributed by atoms with van der Waals surface area (Å²) < 4.78 is 5.65. The zero-order valence-electron chi connectivity index (χ0n) is 10.2. The minimum Gasteiger partial charge on any atom is -0.493 e. The first-order valence-corrected chi connectivity index (χ1v) is 7.01. The van der Waals surface area contributed by atoms with Crippen molar-refractivity contribution in [2.45, 2.75) is 0 Å². The maximum absolute atomic E-state index is 8.45. The first kappa shape index (κ1) is 11.9. The number of nitrogens with zero attached hydrogens (tertiary/aromatic N) is 1. The highest BCUT2D eigenvalue weighted by Crippen LogP contribution is 2.28. The molecule has 1 N–H and O–H groups in total. The number of hydrogen-bond donors (Lipinski definition) is 1. The Morgan fingerprint density at radius 3 is 2.84 bits per heavy atom. The van der Waals surface area contributed by atoms with Gasteiger partial charge in [-0.3, -0.25) is 0 Å². The molecule has 0 unspecified atom stereocenters. The molecule has 0 radical (unpaired) electrons. The van der Waals surface area contributed by atoms with Crippen molar-refractivity contribution in [1.29, 1.82) is 5.26 Å². The van der Waals surface area contributed by atoms with E-state index in [9.17, 15) is 0 Å². The van der Waals surface area contributed by atoms with Gasteiger partial charge in [0.2, 0.25) is 0 Å². The summed E-state index contributed by atoms with van der Waals surface area (Å²) in [4.78, 5) is 3.38. The van der Waals surface area contributed by atoms with E-state index in [0.29, 0.717) is 12.4 Å². The van der Waals surface area contributed by atoms with E-state index in [1.54, 1.807) is 0 Å². The predicted molar refractivity (Wildman–Crippen MR) is 79.4 cm³/mol. The van der Waals surface area contributed by atoms with Crippen molar-refractivity contribution in [1.82, 2.24) is 4.98 Å². The van der Waals surface area contributed by atoms with Crippen molar-refractivity contribution in [3.05, 3.63) is 42.5 Å². The zero-order valence-corrected chi connectivity index (χ0v) is 11.0. The Bertz CT molecular complexity index is 758. The number of nitriles is 1. The normalized spacial score (nSPS) is 10.7. The van der Waals surface area contributed by atoms with E-state index >= 15 is 0 Å². The van der Waals surface area contributed by atoms with Gasteiger partial charge in [-0.1, -0.05) is 18.2 Å². The molecule has 1 heterocycles. The third-order valence-corrected chi connectivity index (χ3v) is 3.50. The molecule has 0 aliphatic carbocycles. The quantitative estimate of drug-likeness (QED) is 0.576. The van der Waals surface area contributed by atoms with Gasteiger partial charge in [0.1, 0.15) is 11.2 Å². The van der Waals surface area contributed by atoms with Crippen LogP contribution in [-0.4, -0.2) is 17.3 Å². The van der Waals surface area contributed by atoms with Crippen LogP contribution in [0.3, 0.4) is 0 Å². The van der Waals surface area contributed by atoms with Crippen LogP contribution in [0.5, 0.6) is 5.75 Å². The summed E-state index contributed by atoms with van der Waals surface area (Å²) in [6, 6.07) is 14.3. The molecule has 0 saturated heterocycles. The van der Waals surface area contributed by atoms with Crippen molar-refractivity contribution < 1.29 is 4.74 Å². The highest BCUT2D eigenvalue weighted by molar-refractivity contribution is 8.03. The molecular formula is C15H12N2OS. The number of thioether (sulfide) groups is 1. The standard InChI is InChI=1S/C15H12N2OS/c16-10-19-8-7-18-11-5-6-15-13(9-11)12-3-1-2-4-14(12)17-15/h1-6,9,17H,7-8H2. The minimum atomic E-state index is 0.548. The molecule has 0 spiro atoms. The van der Waals surface area contributed by atoms with Crippen LogP contribution in [0.15, 0.2) is 42.5 Å². The highest BCUT2D eigenvalue weighted by atomic mass is 32.2. The number of nitrogens with one attached hydrogen (secondary N) is 1. The number of fused-ring (bicyclic) bond motifs is 3. The second kappa shape index (κ2) is 5.25. The van der Waals surface area contributed by atoms with Crippen molar-refractivity contribution in [3.8, 4) is 11.2 Å². The Kier molecular flexibility index (Phi) is 3.30. The van der Waals surface area contributed by atoms with Gasteiger partial charge in [0, 0.05) is 27.6 Å². The molecule has 19 heavy (non-hydrogen) atoms. The first-order chi connectivity index (χ1) is 9.38. The SMILES string of the molecule is N#CSCCOc1ccc2[nH]c3ccccc3c2c1. The number of para-hydroxylation sites is 1. The zero-order chi connectivity index (χ0) is 13.1. The molecule has 0 saturated carbocycles. The smallest absolute Gasteiger partial charge is 0.133 e. The van der Waals surface area contributed by atoms with Crippen molar-refractivity contribution in [2.24, 2.45) is 0 Å². The Balaban J connectivity index is 1.91. The van der Waals surface area contributed by atoms with E-state index in [2.05, 4.69) is 17.1 Å². The minimum absolute atomic E-state index is 0.548. The summed E-state index contributed by atoms with van der Waals surface area (Å²) in [6.07, 6.45) is 0. The monoisotopic (exact) mass is 268 g/mol. The summed E-state index contributed by atoms with van der Waals surface area (Å²) in [7, 11) is 0. The van der Waals surface area contributed by atoms with Gasteiger partial charge in [0.25, 0.3) is 0 Å². The summed E-state index contributed by atoms with van der Waals surface area (Å²) in [5.74, 6) is 1.53. The number of aromatic nitrogens is 1. The van der Waals surface area contributed by atoms with Crippen LogP contribution in [0.4, 0.5) is 0 Å². The Labute approximate surface area is 115 Å². The van der Waals surface area contributed by atoms with E-state index in [1.165, 1.54) is 22.5 Å². The summed E-state index contributed by atoms with van der Waals surface area (Å²) in [6.45, 7) is 0.548. The second-order valence-electron chi connectivity index (χ2n) is 4.17. The molecule has 3 aromatic rings. The summed E-state index contributed by atoms with van der Waals surface area (Å²) in [5, 5.41) is 12.9. The van der Waals surface area contributed by atoms with Crippen LogP contribution in [0.1, 0.15) is 0 Å². The fourth-order valence-electron chi connectivity index (χ4n) is 2.16. The molecule has 0 fully saturated rings. The average molecular weight is 268 g/mol. The summed E-state index contributed by atoms with van der Waals surface area (Å²) >= 11 is 1.21. The lowest BCUT2D eigenvalue weighted by Gasteiger charge is -2.04. The third-order valence-electron chi connectivity index (χ3n) is 3.00. The number of aromatic amines is 1. The molecule has 94 valence electrons. The predicted octanol–water partition coefficient (Wildman–Crippen LogP) is 3.91. The lowest BCUT2D eigenvalue weighted by Crippen LogP contribution is -1.99. The Morgan fingerprint density at radius 2 is 1.95 bits per heavy atom. The van der Waals surface area contributed by atoms with Gasteiger partial charge < -0.3 is 9.72 Å². The van der Waals surface area contributed by atoms with Gasteiger partial charge in [-0.25, -0.2) is 0 Å². The molecule has 2 aromatic carbocycles. The summed E-state index contributed by atoms with van der Waals surface area (Å²) in [5.41, 5.74) is 2.25. The molecule has 3 rings (SSSR count). The lowest BCUT2D eigenvalue weighted by atomic mass is 10.1. The molecule has 3 nitrogen and oxygen atoms in total. The number of hydrogen-bond acceptors (Lipinski definition) is 3. The van der Waals surface area contributed by atoms with Gasteiger partial charge >= 0.3 is 0 Å². The molecule has 0 aliphatic rings. The second-order valence-corrected chi connectivity index (χ2v) is 5.05. The fourth-order valence-corrected chi connectivity index (χ4v) is 2.42. The van der Waals surface area contributed by atoms with E-state index in [0.717, 1.165) is 16.8 Å². The van der Waals surface area contributed by atoms with Crippen molar-refractivity contribution >= 4 is 33.6 Å². The largest absolute Gasteiger partial charge is 0.493 e. The van der Waals surface area contributed by atoms with E-state index in [-0.39, 0.29) is 0 Å². The van der Waals surface area contributed by atoms with Gasteiger partial charge in [0.05, 0.1) is 6.61 Å². The van der Waals surface area contributed by atoms with Crippen LogP contribution in [-0.2, 0) is 0 Å². The van der Waals surface area contributed by atoms with Gasteiger partial charge in [-0.2, -0.15) is 5.26 Å². The third kappa shape index (κ3) is 2.38. The maximum atomic E-state index is 8.45. The van der Waals surface area contributed by atoms with Gasteiger partial charge in [0.15, 0.2) is 0 Å². The number of thiocyanates is 1. The molecule has 0 atom stereocenters. The molecule has 0 aliphatic heterocycles. The van der Waals surface area contributed by atoms with Crippen LogP contribution in [0, 0.1) is 10.7 Å². The first-order valence-electron chi connectivity index (χ1n) is 6.02. The maximum Gasteiger partial charge on any atom is 0.133 e. The number of benzene rings is 2. The average Bonchev–Trinajstić information content (AvgIpc) is 2.82.